The zero-order valence-corrected chi connectivity index (χ0v) is 18.5. The van der Waals surface area contributed by atoms with Crippen LogP contribution in [-0.4, -0.2) is 40.0 Å². The first-order valence-corrected chi connectivity index (χ1v) is 10.4. The summed E-state index contributed by atoms with van der Waals surface area (Å²) in [5.74, 6) is -0.472. The Kier molecular flexibility index (Phi) is 7.66. The summed E-state index contributed by atoms with van der Waals surface area (Å²) in [6.07, 6.45) is 4.57. The number of aromatic nitrogens is 1. The van der Waals surface area contributed by atoms with E-state index in [9.17, 15) is 14.9 Å². The normalized spacial score (nSPS) is 19.9. The lowest BCUT2D eigenvalue weighted by Gasteiger charge is -2.38. The van der Waals surface area contributed by atoms with Gasteiger partial charge in [-0.15, -0.1) is 0 Å². The van der Waals surface area contributed by atoms with Gasteiger partial charge in [0.1, 0.15) is 11.6 Å². The van der Waals surface area contributed by atoms with Crippen molar-refractivity contribution in [2.45, 2.75) is 79.4 Å². The second-order valence-corrected chi connectivity index (χ2v) is 8.51. The zero-order chi connectivity index (χ0) is 21.7. The highest BCUT2D eigenvalue weighted by Gasteiger charge is 2.29. The third-order valence-electron chi connectivity index (χ3n) is 5.61. The number of piperidine rings is 1. The van der Waals surface area contributed by atoms with Crippen LogP contribution in [-0.2, 0) is 20.9 Å². The molecule has 2 heterocycles. The van der Waals surface area contributed by atoms with E-state index >= 15 is 0 Å². The lowest BCUT2D eigenvalue weighted by Crippen LogP contribution is -2.49. The molecule has 0 radical (unpaired) electrons. The predicted molar refractivity (Wildman–Crippen MR) is 113 cm³/mol. The molecule has 1 aromatic rings. The van der Waals surface area contributed by atoms with Crippen LogP contribution in [0.15, 0.2) is 11.6 Å². The smallest absolute Gasteiger partial charge is 0.349 e. The number of likely N-dealkylation sites (tertiary alicyclic amines) is 1. The Morgan fingerprint density at radius 2 is 1.90 bits per heavy atom. The van der Waals surface area contributed by atoms with E-state index in [4.69, 9.17) is 4.74 Å². The van der Waals surface area contributed by atoms with Gasteiger partial charge in [-0.3, -0.25) is 4.79 Å². The second kappa shape index (κ2) is 9.78. The first-order chi connectivity index (χ1) is 13.6. The number of carbonyl (C=O) groups excluding carboxylic acids is 2. The summed E-state index contributed by atoms with van der Waals surface area (Å²) >= 11 is 0. The van der Waals surface area contributed by atoms with Crippen LogP contribution in [0.3, 0.4) is 0 Å². The number of rotatable bonds is 6. The van der Waals surface area contributed by atoms with Crippen LogP contribution in [0, 0.1) is 31.1 Å². The van der Waals surface area contributed by atoms with Crippen molar-refractivity contribution in [3.8, 4) is 6.07 Å². The van der Waals surface area contributed by atoms with E-state index < -0.39 is 5.97 Å². The maximum Gasteiger partial charge on any atom is 0.349 e. The van der Waals surface area contributed by atoms with Gasteiger partial charge in [-0.1, -0.05) is 13.8 Å². The van der Waals surface area contributed by atoms with Crippen LogP contribution in [0.1, 0.15) is 63.9 Å². The molecule has 0 aliphatic carbocycles. The minimum Gasteiger partial charge on any atom is -0.451 e. The number of aryl methyl sites for hydroxylation is 1. The monoisotopic (exact) mass is 399 g/mol. The Hall–Kier alpha value is -2.55. The van der Waals surface area contributed by atoms with E-state index in [1.165, 1.54) is 0 Å². The highest BCUT2D eigenvalue weighted by Crippen LogP contribution is 2.23. The van der Waals surface area contributed by atoms with Crippen LogP contribution in [0.2, 0.25) is 0 Å². The molecule has 0 saturated carbocycles. The van der Waals surface area contributed by atoms with E-state index in [2.05, 4.69) is 18.4 Å². The van der Waals surface area contributed by atoms with Crippen molar-refractivity contribution in [2.75, 3.05) is 6.61 Å². The number of hydrogen-bond donors (Lipinski definition) is 0. The van der Waals surface area contributed by atoms with Crippen LogP contribution in [0.5, 0.6) is 0 Å². The van der Waals surface area contributed by atoms with Gasteiger partial charge in [-0.25, -0.2) is 4.79 Å². The van der Waals surface area contributed by atoms with Crippen molar-refractivity contribution >= 4 is 18.0 Å². The molecule has 1 aliphatic heterocycles. The fourth-order valence-corrected chi connectivity index (χ4v) is 4.10. The molecule has 1 amide bonds. The van der Waals surface area contributed by atoms with Crippen LogP contribution in [0.25, 0.3) is 6.08 Å². The minimum atomic E-state index is -0.758. The number of esters is 1. The average Bonchev–Trinajstić information content (AvgIpc) is 2.91. The second-order valence-electron chi connectivity index (χ2n) is 8.51. The summed E-state index contributed by atoms with van der Waals surface area (Å²) in [4.78, 5) is 26.8. The molecule has 0 N–H and O–H groups in total. The third kappa shape index (κ3) is 5.50. The molecule has 158 valence electrons. The average molecular weight is 400 g/mol. The van der Waals surface area contributed by atoms with E-state index in [1.54, 1.807) is 11.0 Å². The molecule has 0 aromatic carbocycles. The van der Waals surface area contributed by atoms with Gasteiger partial charge in [-0.2, -0.15) is 5.26 Å². The minimum absolute atomic E-state index is 0.0951. The summed E-state index contributed by atoms with van der Waals surface area (Å²) in [5.41, 5.74) is 2.81. The van der Waals surface area contributed by atoms with Crippen molar-refractivity contribution in [2.24, 2.45) is 5.92 Å². The van der Waals surface area contributed by atoms with Crippen molar-refractivity contribution in [3.63, 3.8) is 0 Å². The molecule has 29 heavy (non-hydrogen) atoms. The molecule has 1 aromatic heterocycles. The van der Waals surface area contributed by atoms with Crippen molar-refractivity contribution < 1.29 is 14.3 Å². The Balaban J connectivity index is 2.09. The molecule has 0 bridgehead atoms. The van der Waals surface area contributed by atoms with Gasteiger partial charge >= 0.3 is 5.97 Å². The molecule has 1 aliphatic rings. The Morgan fingerprint density at radius 1 is 1.28 bits per heavy atom. The summed E-state index contributed by atoms with van der Waals surface area (Å²) in [7, 11) is 0. The van der Waals surface area contributed by atoms with Gasteiger partial charge < -0.3 is 14.2 Å². The Bertz CT molecular complexity index is 819. The third-order valence-corrected chi connectivity index (χ3v) is 5.61. The molecular weight excluding hydrogens is 366 g/mol. The SMILES string of the molecule is Cc1cc(/C=C(\C#N)C(=O)OCC(=O)N2[C@H](C)CCC[C@@H]2C)c(C)n1CC(C)C. The van der Waals surface area contributed by atoms with Gasteiger partial charge in [-0.05, 0) is 70.6 Å². The number of hydrogen-bond acceptors (Lipinski definition) is 4. The van der Waals surface area contributed by atoms with Gasteiger partial charge in [0.2, 0.25) is 0 Å². The van der Waals surface area contributed by atoms with Crippen molar-refractivity contribution in [1.82, 2.24) is 9.47 Å². The zero-order valence-electron chi connectivity index (χ0n) is 18.5. The number of carbonyl (C=O) groups is 2. The molecule has 6 nitrogen and oxygen atoms in total. The molecule has 6 heteroatoms. The van der Waals surface area contributed by atoms with Crippen molar-refractivity contribution in [1.29, 1.82) is 5.26 Å². The quantitative estimate of drug-likeness (QED) is 0.412. The fraction of sp³-hybridized carbons (Fsp3) is 0.609. The maximum atomic E-state index is 12.5. The van der Waals surface area contributed by atoms with Gasteiger partial charge in [0.25, 0.3) is 5.91 Å². The number of nitrogens with zero attached hydrogens (tertiary/aromatic N) is 3. The topological polar surface area (TPSA) is 75.3 Å². The van der Waals surface area contributed by atoms with Gasteiger partial charge in [0.05, 0.1) is 0 Å². The molecule has 1 fully saturated rings. The number of ether oxygens (including phenoxy) is 1. The van der Waals surface area contributed by atoms with Crippen molar-refractivity contribution in [3.05, 3.63) is 28.6 Å². The van der Waals surface area contributed by atoms with E-state index in [1.807, 2.05) is 39.8 Å². The van der Waals surface area contributed by atoms with E-state index in [-0.39, 0.29) is 30.2 Å². The molecule has 0 unspecified atom stereocenters. The number of nitriles is 1. The summed E-state index contributed by atoms with van der Waals surface area (Å²) < 4.78 is 7.37. The lowest BCUT2D eigenvalue weighted by molar-refractivity contribution is -0.151. The molecular formula is C23H33N3O3. The van der Waals surface area contributed by atoms with E-state index in [0.29, 0.717) is 5.92 Å². The van der Waals surface area contributed by atoms with Crippen LogP contribution >= 0.6 is 0 Å². The summed E-state index contributed by atoms with van der Waals surface area (Å²) in [6.45, 7) is 12.9. The first kappa shape index (κ1) is 22.7. The fourth-order valence-electron chi connectivity index (χ4n) is 4.10. The van der Waals surface area contributed by atoms with Gasteiger partial charge in [0, 0.05) is 30.0 Å². The van der Waals surface area contributed by atoms with Crippen LogP contribution < -0.4 is 0 Å². The standard InChI is InChI=1S/C23H33N3O3/c1-15(2)13-25-18(5)10-20(19(25)6)11-21(12-24)23(28)29-14-22(27)26-16(3)8-7-9-17(26)4/h10-11,15-17H,7-9,13-14H2,1-6H3/b21-11+/t16-,17+. The van der Waals surface area contributed by atoms with Gasteiger partial charge in [0.15, 0.2) is 6.61 Å². The summed E-state index contributed by atoms with van der Waals surface area (Å²) in [5, 5.41) is 9.45. The lowest BCUT2D eigenvalue weighted by atomic mass is 9.97. The van der Waals surface area contributed by atoms with E-state index in [0.717, 1.165) is 42.8 Å². The molecule has 2 rings (SSSR count). The maximum absolute atomic E-state index is 12.5. The summed E-state index contributed by atoms with van der Waals surface area (Å²) in [6, 6.07) is 4.17. The van der Waals surface area contributed by atoms with Crippen LogP contribution in [0.4, 0.5) is 0 Å². The molecule has 2 atom stereocenters. The highest BCUT2D eigenvalue weighted by molar-refractivity contribution is 5.99. The number of amides is 1. The predicted octanol–water partition coefficient (Wildman–Crippen LogP) is 4.00. The molecule has 0 spiro atoms. The molecule has 1 saturated heterocycles. The largest absolute Gasteiger partial charge is 0.451 e. The Morgan fingerprint density at radius 3 is 2.45 bits per heavy atom. The highest BCUT2D eigenvalue weighted by atomic mass is 16.5. The first-order valence-electron chi connectivity index (χ1n) is 10.4. The Labute approximate surface area is 174 Å².